The fourth-order valence-corrected chi connectivity index (χ4v) is 2.78. The van der Waals surface area contributed by atoms with E-state index in [4.69, 9.17) is 0 Å². The van der Waals surface area contributed by atoms with Crippen LogP contribution >= 0.6 is 0 Å². The number of benzene rings is 1. The van der Waals surface area contributed by atoms with Crippen molar-refractivity contribution < 1.29 is 0 Å². The molecule has 112 valence electrons. The van der Waals surface area contributed by atoms with E-state index in [-0.39, 0.29) is 0 Å². The predicted molar refractivity (Wildman–Crippen MR) is 88.6 cm³/mol. The Morgan fingerprint density at radius 1 is 0.950 bits per heavy atom. The van der Waals surface area contributed by atoms with Crippen molar-refractivity contribution in [3.63, 3.8) is 0 Å². The molecule has 1 aliphatic rings. The Bertz CT molecular complexity index is 416. The molecule has 1 fully saturated rings. The first-order valence-corrected chi connectivity index (χ1v) is 7.91. The zero-order valence-electron chi connectivity index (χ0n) is 13.8. The van der Waals surface area contributed by atoms with Crippen molar-refractivity contribution in [1.82, 2.24) is 4.90 Å². The Balaban J connectivity index is 2.08. The van der Waals surface area contributed by atoms with Gasteiger partial charge in [-0.25, -0.2) is 0 Å². The largest absolute Gasteiger partial charge is 0.370 e. The van der Waals surface area contributed by atoms with E-state index in [2.05, 4.69) is 68.8 Å². The lowest BCUT2D eigenvalue weighted by molar-refractivity contribution is 0.339. The Morgan fingerprint density at radius 2 is 1.60 bits per heavy atom. The van der Waals surface area contributed by atoms with E-state index >= 15 is 0 Å². The summed E-state index contributed by atoms with van der Waals surface area (Å²) in [5.74, 6) is 0.590. The van der Waals surface area contributed by atoms with E-state index < -0.39 is 0 Å². The maximum Gasteiger partial charge on any atom is 0.0366 e. The summed E-state index contributed by atoms with van der Waals surface area (Å²) in [4.78, 5) is 4.95. The highest BCUT2D eigenvalue weighted by atomic mass is 15.2. The van der Waals surface area contributed by atoms with Crippen LogP contribution in [-0.4, -0.2) is 38.1 Å². The van der Waals surface area contributed by atoms with Crippen LogP contribution in [0.1, 0.15) is 45.6 Å². The minimum Gasteiger partial charge on any atom is -0.370 e. The monoisotopic (exact) mass is 274 g/mol. The standard InChI is InChI=1S/C18H30N2/c1-15(18(2,3)4)16-7-9-17(10-8-16)20-12-6-11-19(5)13-14-20/h7-10,15H,6,11-14H2,1-5H3. The van der Waals surface area contributed by atoms with Crippen molar-refractivity contribution in [3.05, 3.63) is 29.8 Å². The second-order valence-corrected chi connectivity index (χ2v) is 7.32. The van der Waals surface area contributed by atoms with E-state index in [0.29, 0.717) is 11.3 Å². The van der Waals surface area contributed by atoms with Crippen molar-refractivity contribution in [2.45, 2.75) is 40.0 Å². The van der Waals surface area contributed by atoms with Crippen LogP contribution in [0.5, 0.6) is 0 Å². The molecule has 0 N–H and O–H groups in total. The number of nitrogens with zero attached hydrogens (tertiary/aromatic N) is 2. The van der Waals surface area contributed by atoms with Gasteiger partial charge in [-0.2, -0.15) is 0 Å². The van der Waals surface area contributed by atoms with Gasteiger partial charge in [0, 0.05) is 25.3 Å². The van der Waals surface area contributed by atoms with E-state index in [1.807, 2.05) is 0 Å². The molecule has 0 amide bonds. The van der Waals surface area contributed by atoms with Crippen molar-refractivity contribution in [1.29, 1.82) is 0 Å². The second-order valence-electron chi connectivity index (χ2n) is 7.32. The highest BCUT2D eigenvalue weighted by Crippen LogP contribution is 2.35. The molecule has 1 unspecified atom stereocenters. The smallest absolute Gasteiger partial charge is 0.0366 e. The van der Waals surface area contributed by atoms with Crippen LogP contribution in [0.15, 0.2) is 24.3 Å². The summed E-state index contributed by atoms with van der Waals surface area (Å²) in [7, 11) is 2.22. The van der Waals surface area contributed by atoms with Gasteiger partial charge in [0.25, 0.3) is 0 Å². The molecule has 0 aromatic heterocycles. The first-order valence-electron chi connectivity index (χ1n) is 7.91. The molecule has 1 atom stereocenters. The van der Waals surface area contributed by atoms with Crippen molar-refractivity contribution in [3.8, 4) is 0 Å². The van der Waals surface area contributed by atoms with Gasteiger partial charge < -0.3 is 9.80 Å². The first kappa shape index (κ1) is 15.4. The highest BCUT2D eigenvalue weighted by Gasteiger charge is 2.21. The number of anilines is 1. The average Bonchev–Trinajstić information content (AvgIpc) is 2.62. The molecule has 1 saturated heterocycles. The highest BCUT2D eigenvalue weighted by molar-refractivity contribution is 5.48. The van der Waals surface area contributed by atoms with Gasteiger partial charge in [-0.3, -0.25) is 0 Å². The molecule has 20 heavy (non-hydrogen) atoms. The van der Waals surface area contributed by atoms with Crippen LogP contribution in [0, 0.1) is 5.41 Å². The van der Waals surface area contributed by atoms with Crippen LogP contribution in [0.25, 0.3) is 0 Å². The van der Waals surface area contributed by atoms with Gasteiger partial charge in [-0.15, -0.1) is 0 Å². The molecule has 2 rings (SSSR count). The minimum absolute atomic E-state index is 0.326. The summed E-state index contributed by atoms with van der Waals surface area (Å²) in [6.07, 6.45) is 1.26. The van der Waals surface area contributed by atoms with Gasteiger partial charge >= 0.3 is 0 Å². The molecule has 0 spiro atoms. The number of hydrogen-bond acceptors (Lipinski definition) is 2. The molecule has 1 aliphatic heterocycles. The van der Waals surface area contributed by atoms with Gasteiger partial charge in [0.15, 0.2) is 0 Å². The number of likely N-dealkylation sites (N-methyl/N-ethyl adjacent to an activating group) is 1. The van der Waals surface area contributed by atoms with E-state index in [1.54, 1.807) is 0 Å². The SMILES string of the molecule is CC(c1ccc(N2CCCN(C)CC2)cc1)C(C)(C)C. The summed E-state index contributed by atoms with van der Waals surface area (Å²) >= 11 is 0. The Kier molecular flexibility index (Phi) is 4.74. The lowest BCUT2D eigenvalue weighted by Crippen LogP contribution is -2.28. The van der Waals surface area contributed by atoms with Gasteiger partial charge in [0.2, 0.25) is 0 Å². The van der Waals surface area contributed by atoms with E-state index in [0.717, 1.165) is 6.54 Å². The third-order valence-electron chi connectivity index (χ3n) is 4.78. The van der Waals surface area contributed by atoms with Crippen LogP contribution in [-0.2, 0) is 0 Å². The van der Waals surface area contributed by atoms with Crippen molar-refractivity contribution >= 4 is 5.69 Å². The lowest BCUT2D eigenvalue weighted by atomic mass is 9.78. The zero-order chi connectivity index (χ0) is 14.8. The molecule has 2 nitrogen and oxygen atoms in total. The fourth-order valence-electron chi connectivity index (χ4n) is 2.78. The van der Waals surface area contributed by atoms with Gasteiger partial charge in [0.1, 0.15) is 0 Å². The van der Waals surface area contributed by atoms with Gasteiger partial charge in [-0.1, -0.05) is 39.8 Å². The molecule has 1 aromatic carbocycles. The normalized spacial score (nSPS) is 19.8. The van der Waals surface area contributed by atoms with Crippen LogP contribution in [0.3, 0.4) is 0 Å². The topological polar surface area (TPSA) is 6.48 Å². The predicted octanol–water partition coefficient (Wildman–Crippen LogP) is 3.98. The van der Waals surface area contributed by atoms with Gasteiger partial charge in [-0.05, 0) is 49.0 Å². The second kappa shape index (κ2) is 6.17. The third-order valence-corrected chi connectivity index (χ3v) is 4.78. The van der Waals surface area contributed by atoms with Crippen LogP contribution in [0.4, 0.5) is 5.69 Å². The number of rotatable bonds is 2. The summed E-state index contributed by atoms with van der Waals surface area (Å²) in [5.41, 5.74) is 3.16. The third kappa shape index (κ3) is 3.76. The molecular weight excluding hydrogens is 244 g/mol. The van der Waals surface area contributed by atoms with Gasteiger partial charge in [0.05, 0.1) is 0 Å². The summed E-state index contributed by atoms with van der Waals surface area (Å²) in [6, 6.07) is 9.26. The van der Waals surface area contributed by atoms with Crippen LogP contribution < -0.4 is 4.90 Å². The summed E-state index contributed by atoms with van der Waals surface area (Å²) < 4.78 is 0. The minimum atomic E-state index is 0.326. The average molecular weight is 274 g/mol. The Hall–Kier alpha value is -1.02. The molecule has 1 aromatic rings. The molecular formula is C18H30N2. The number of hydrogen-bond donors (Lipinski definition) is 0. The van der Waals surface area contributed by atoms with E-state index in [9.17, 15) is 0 Å². The molecule has 0 saturated carbocycles. The molecule has 0 bridgehead atoms. The van der Waals surface area contributed by atoms with Crippen LogP contribution in [0.2, 0.25) is 0 Å². The molecule has 0 aliphatic carbocycles. The quantitative estimate of drug-likeness (QED) is 0.805. The zero-order valence-corrected chi connectivity index (χ0v) is 13.8. The Labute approximate surface area is 124 Å². The maximum atomic E-state index is 2.52. The fraction of sp³-hybridized carbons (Fsp3) is 0.667. The summed E-state index contributed by atoms with van der Waals surface area (Å²) in [5, 5.41) is 0. The lowest BCUT2D eigenvalue weighted by Gasteiger charge is -2.28. The van der Waals surface area contributed by atoms with Crippen molar-refractivity contribution in [2.75, 3.05) is 38.1 Å². The first-order chi connectivity index (χ1) is 9.38. The molecule has 2 heteroatoms. The summed E-state index contributed by atoms with van der Waals surface area (Å²) in [6.45, 7) is 14.0. The van der Waals surface area contributed by atoms with Crippen molar-refractivity contribution in [2.24, 2.45) is 5.41 Å². The molecule has 1 heterocycles. The van der Waals surface area contributed by atoms with E-state index in [1.165, 1.54) is 37.3 Å². The molecule has 0 radical (unpaired) electrons. The Morgan fingerprint density at radius 3 is 2.20 bits per heavy atom. The maximum absolute atomic E-state index is 2.52.